The smallest absolute Gasteiger partial charge is 0.338 e. The van der Waals surface area contributed by atoms with Gasteiger partial charge in [0, 0.05) is 12.7 Å². The van der Waals surface area contributed by atoms with Crippen LogP contribution in [0.1, 0.15) is 15.9 Å². The standard InChI is InChI=1S/C9H7ClF2O3/c1-15-3-5-6(10)2-4(9(13)14)7(11)8(5)12/h2H,3H2,1H3,(H,13,14). The molecular formula is C9H7ClF2O3. The summed E-state index contributed by atoms with van der Waals surface area (Å²) in [6.45, 7) is -0.221. The van der Waals surface area contributed by atoms with E-state index in [2.05, 4.69) is 4.74 Å². The quantitative estimate of drug-likeness (QED) is 0.820. The lowest BCUT2D eigenvalue weighted by atomic mass is 10.1. The molecule has 3 nitrogen and oxygen atoms in total. The summed E-state index contributed by atoms with van der Waals surface area (Å²) in [5.41, 5.74) is -0.987. The van der Waals surface area contributed by atoms with Crippen LogP contribution in [0, 0.1) is 11.6 Å². The normalized spacial score (nSPS) is 10.4. The zero-order chi connectivity index (χ0) is 11.6. The van der Waals surface area contributed by atoms with Crippen LogP contribution in [0.15, 0.2) is 6.07 Å². The molecular weight excluding hydrogens is 230 g/mol. The minimum Gasteiger partial charge on any atom is -0.478 e. The summed E-state index contributed by atoms with van der Waals surface area (Å²) in [7, 11) is 1.29. The second-order valence-electron chi connectivity index (χ2n) is 2.75. The van der Waals surface area contributed by atoms with Crippen molar-refractivity contribution in [3.63, 3.8) is 0 Å². The van der Waals surface area contributed by atoms with E-state index < -0.39 is 23.2 Å². The summed E-state index contributed by atoms with van der Waals surface area (Å²) in [5, 5.41) is 8.37. The van der Waals surface area contributed by atoms with Gasteiger partial charge in [0.05, 0.1) is 17.2 Å². The number of ether oxygens (including phenoxy) is 1. The first kappa shape index (κ1) is 11.9. The predicted molar refractivity (Wildman–Crippen MR) is 49.0 cm³/mol. The fourth-order valence-corrected chi connectivity index (χ4v) is 1.31. The van der Waals surface area contributed by atoms with Gasteiger partial charge in [-0.3, -0.25) is 0 Å². The lowest BCUT2D eigenvalue weighted by molar-refractivity contribution is 0.0690. The van der Waals surface area contributed by atoms with E-state index in [0.717, 1.165) is 6.07 Å². The maximum absolute atomic E-state index is 13.3. The summed E-state index contributed by atoms with van der Waals surface area (Å²) >= 11 is 5.58. The van der Waals surface area contributed by atoms with Crippen molar-refractivity contribution in [1.29, 1.82) is 0 Å². The number of halogens is 3. The fraction of sp³-hybridized carbons (Fsp3) is 0.222. The highest BCUT2D eigenvalue weighted by Crippen LogP contribution is 2.25. The van der Waals surface area contributed by atoms with Gasteiger partial charge in [0.1, 0.15) is 0 Å². The molecule has 0 aromatic heterocycles. The first-order chi connectivity index (χ1) is 6.99. The molecule has 0 aliphatic carbocycles. The zero-order valence-electron chi connectivity index (χ0n) is 7.68. The van der Waals surface area contributed by atoms with Crippen molar-refractivity contribution < 1.29 is 23.4 Å². The maximum atomic E-state index is 13.3. The molecule has 1 aromatic carbocycles. The topological polar surface area (TPSA) is 46.5 Å². The molecule has 0 saturated carbocycles. The van der Waals surface area contributed by atoms with Crippen molar-refractivity contribution in [3.05, 3.63) is 33.9 Å². The van der Waals surface area contributed by atoms with E-state index in [4.69, 9.17) is 16.7 Å². The van der Waals surface area contributed by atoms with E-state index in [-0.39, 0.29) is 17.2 Å². The molecule has 0 bridgehead atoms. The third kappa shape index (κ3) is 2.24. The first-order valence-corrected chi connectivity index (χ1v) is 4.25. The molecule has 0 radical (unpaired) electrons. The van der Waals surface area contributed by atoms with E-state index in [1.54, 1.807) is 0 Å². The van der Waals surface area contributed by atoms with Crippen molar-refractivity contribution in [2.45, 2.75) is 6.61 Å². The number of rotatable bonds is 3. The minimum absolute atomic E-state index is 0.173. The average Bonchev–Trinajstić information content (AvgIpc) is 2.18. The Kier molecular flexibility index (Phi) is 3.60. The van der Waals surface area contributed by atoms with Gasteiger partial charge in [0.15, 0.2) is 11.6 Å². The molecule has 6 heteroatoms. The maximum Gasteiger partial charge on any atom is 0.338 e. The Morgan fingerprint density at radius 3 is 2.60 bits per heavy atom. The van der Waals surface area contributed by atoms with Crippen LogP contribution in [0.4, 0.5) is 8.78 Å². The number of carboxylic acids is 1. The Bertz CT molecular complexity index is 407. The van der Waals surface area contributed by atoms with Crippen molar-refractivity contribution in [1.82, 2.24) is 0 Å². The molecule has 0 amide bonds. The van der Waals surface area contributed by atoms with E-state index in [1.165, 1.54) is 7.11 Å². The van der Waals surface area contributed by atoms with Gasteiger partial charge < -0.3 is 9.84 Å². The molecule has 1 aromatic rings. The number of hydrogen-bond donors (Lipinski definition) is 1. The van der Waals surface area contributed by atoms with Crippen molar-refractivity contribution in [3.8, 4) is 0 Å². The van der Waals surface area contributed by atoms with Crippen LogP contribution in [0.5, 0.6) is 0 Å². The summed E-state index contributed by atoms with van der Waals surface area (Å²) in [6.07, 6.45) is 0. The Balaban J connectivity index is 3.37. The van der Waals surface area contributed by atoms with Gasteiger partial charge in [-0.25, -0.2) is 13.6 Å². The van der Waals surface area contributed by atoms with E-state index in [0.29, 0.717) is 0 Å². The van der Waals surface area contributed by atoms with Gasteiger partial charge in [0.25, 0.3) is 0 Å². The highest BCUT2D eigenvalue weighted by Gasteiger charge is 2.21. The molecule has 1 rings (SSSR count). The zero-order valence-corrected chi connectivity index (χ0v) is 8.44. The molecule has 82 valence electrons. The molecule has 0 atom stereocenters. The Morgan fingerprint density at radius 2 is 2.13 bits per heavy atom. The molecule has 0 unspecified atom stereocenters. The van der Waals surface area contributed by atoms with Gasteiger partial charge in [-0.15, -0.1) is 0 Å². The number of methoxy groups -OCH3 is 1. The Hall–Kier alpha value is -1.20. The SMILES string of the molecule is COCc1c(Cl)cc(C(=O)O)c(F)c1F. The number of carboxylic acid groups (broad SMARTS) is 1. The molecule has 0 aliphatic rings. The number of carbonyl (C=O) groups is 1. The Morgan fingerprint density at radius 1 is 1.53 bits per heavy atom. The lowest BCUT2D eigenvalue weighted by Crippen LogP contribution is -2.07. The molecule has 0 fully saturated rings. The third-order valence-corrected chi connectivity index (χ3v) is 2.11. The van der Waals surface area contributed by atoms with Crippen LogP contribution in [0.3, 0.4) is 0 Å². The van der Waals surface area contributed by atoms with Gasteiger partial charge in [-0.2, -0.15) is 0 Å². The summed E-state index contributed by atoms with van der Waals surface area (Å²) in [4.78, 5) is 10.5. The lowest BCUT2D eigenvalue weighted by Gasteiger charge is -2.07. The van der Waals surface area contributed by atoms with Crippen LogP contribution < -0.4 is 0 Å². The minimum atomic E-state index is -1.57. The second-order valence-corrected chi connectivity index (χ2v) is 3.16. The molecule has 0 saturated heterocycles. The number of benzene rings is 1. The van der Waals surface area contributed by atoms with Crippen LogP contribution in [-0.4, -0.2) is 18.2 Å². The van der Waals surface area contributed by atoms with Gasteiger partial charge >= 0.3 is 5.97 Å². The van der Waals surface area contributed by atoms with E-state index >= 15 is 0 Å². The van der Waals surface area contributed by atoms with E-state index in [1.807, 2.05) is 0 Å². The first-order valence-electron chi connectivity index (χ1n) is 3.87. The predicted octanol–water partition coefficient (Wildman–Crippen LogP) is 2.46. The fourth-order valence-electron chi connectivity index (χ4n) is 1.07. The molecule has 15 heavy (non-hydrogen) atoms. The summed E-state index contributed by atoms with van der Waals surface area (Å²) in [6, 6.07) is 0.858. The van der Waals surface area contributed by atoms with Crippen LogP contribution in [0.25, 0.3) is 0 Å². The number of hydrogen-bond acceptors (Lipinski definition) is 2. The highest BCUT2D eigenvalue weighted by atomic mass is 35.5. The van der Waals surface area contributed by atoms with Crippen molar-refractivity contribution in [2.75, 3.05) is 7.11 Å². The molecule has 0 aliphatic heterocycles. The van der Waals surface area contributed by atoms with Crippen LogP contribution >= 0.6 is 11.6 Å². The Labute approximate surface area is 89.2 Å². The highest BCUT2D eigenvalue weighted by molar-refractivity contribution is 6.31. The number of aromatic carboxylic acids is 1. The van der Waals surface area contributed by atoms with Gasteiger partial charge in [0.2, 0.25) is 0 Å². The second kappa shape index (κ2) is 4.55. The van der Waals surface area contributed by atoms with Crippen LogP contribution in [0.2, 0.25) is 5.02 Å². The molecule has 0 spiro atoms. The largest absolute Gasteiger partial charge is 0.478 e. The van der Waals surface area contributed by atoms with Gasteiger partial charge in [-0.05, 0) is 6.07 Å². The van der Waals surface area contributed by atoms with Gasteiger partial charge in [-0.1, -0.05) is 11.6 Å². The molecule has 1 N–H and O–H groups in total. The summed E-state index contributed by atoms with van der Waals surface area (Å²) < 4.78 is 31.0. The monoisotopic (exact) mass is 236 g/mol. The van der Waals surface area contributed by atoms with Crippen LogP contribution in [-0.2, 0) is 11.3 Å². The third-order valence-electron chi connectivity index (χ3n) is 1.77. The van der Waals surface area contributed by atoms with Crippen molar-refractivity contribution in [2.24, 2.45) is 0 Å². The van der Waals surface area contributed by atoms with E-state index in [9.17, 15) is 13.6 Å². The van der Waals surface area contributed by atoms with Crippen molar-refractivity contribution >= 4 is 17.6 Å². The molecule has 0 heterocycles. The summed E-state index contributed by atoms with van der Waals surface area (Å²) in [5.74, 6) is -4.29. The average molecular weight is 237 g/mol.